The molecule has 0 unspecified atom stereocenters. The van der Waals surface area contributed by atoms with Crippen molar-refractivity contribution in [2.75, 3.05) is 26.0 Å². The van der Waals surface area contributed by atoms with Crippen molar-refractivity contribution in [2.45, 2.75) is 35.5 Å². The van der Waals surface area contributed by atoms with Crippen molar-refractivity contribution in [1.29, 1.82) is 0 Å². The van der Waals surface area contributed by atoms with Crippen molar-refractivity contribution in [3.8, 4) is 0 Å². The van der Waals surface area contributed by atoms with Crippen LogP contribution in [-0.2, 0) is 9.84 Å². The lowest BCUT2D eigenvalue weighted by Crippen LogP contribution is -2.54. The summed E-state index contributed by atoms with van der Waals surface area (Å²) < 4.78 is 48.9. The number of nitrogens with zero attached hydrogens (tertiary/aromatic N) is 1. The molecule has 1 aliphatic carbocycles. The van der Waals surface area contributed by atoms with E-state index in [1.54, 1.807) is 6.07 Å². The molecule has 1 fully saturated rings. The zero-order valence-corrected chi connectivity index (χ0v) is 13.0. The Morgan fingerprint density at radius 2 is 1.90 bits per heavy atom. The highest BCUT2D eigenvalue weighted by atomic mass is 32.2. The maximum atomic E-state index is 12.7. The standard InChI is InChI=1S/C14H20F2N2O2S/c1-18(2)14(8-5-9-14)10-17-11-6-3-4-7-12(11)21(19,20)13(15)16/h3-4,6-7,13,17H,5,8-10H2,1-2H3. The molecule has 1 aromatic rings. The van der Waals surface area contributed by atoms with E-state index in [0.29, 0.717) is 6.54 Å². The van der Waals surface area contributed by atoms with E-state index >= 15 is 0 Å². The fourth-order valence-corrected chi connectivity index (χ4v) is 3.49. The second kappa shape index (κ2) is 5.88. The van der Waals surface area contributed by atoms with Gasteiger partial charge in [-0.2, -0.15) is 8.78 Å². The molecule has 0 heterocycles. The summed E-state index contributed by atoms with van der Waals surface area (Å²) in [5.41, 5.74) is 0.216. The molecular weight excluding hydrogens is 298 g/mol. The van der Waals surface area contributed by atoms with E-state index in [0.717, 1.165) is 19.3 Å². The van der Waals surface area contributed by atoms with Gasteiger partial charge in [0, 0.05) is 12.1 Å². The highest BCUT2D eigenvalue weighted by Gasteiger charge is 2.39. The number of benzene rings is 1. The summed E-state index contributed by atoms with van der Waals surface area (Å²) in [7, 11) is -0.644. The Bertz CT molecular complexity index is 599. The van der Waals surface area contributed by atoms with Crippen LogP contribution in [0.25, 0.3) is 0 Å². The summed E-state index contributed by atoms with van der Waals surface area (Å²) in [5.74, 6) is -3.41. The third-order valence-electron chi connectivity index (χ3n) is 4.27. The molecule has 0 aromatic heterocycles. The Morgan fingerprint density at radius 1 is 1.29 bits per heavy atom. The normalized spacial score (nSPS) is 17.8. The van der Waals surface area contributed by atoms with Gasteiger partial charge in [-0.15, -0.1) is 0 Å². The van der Waals surface area contributed by atoms with Crippen LogP contribution >= 0.6 is 0 Å². The summed E-state index contributed by atoms with van der Waals surface area (Å²) in [6, 6.07) is 5.83. The van der Waals surface area contributed by atoms with Gasteiger partial charge in [-0.25, -0.2) is 8.42 Å². The Kier molecular flexibility index (Phi) is 4.53. The van der Waals surface area contributed by atoms with E-state index in [2.05, 4.69) is 10.2 Å². The number of rotatable bonds is 6. The molecule has 0 spiro atoms. The molecular formula is C14H20F2N2O2S. The maximum Gasteiger partial charge on any atom is 0.341 e. The lowest BCUT2D eigenvalue weighted by molar-refractivity contribution is 0.0738. The van der Waals surface area contributed by atoms with Crippen molar-refractivity contribution in [2.24, 2.45) is 0 Å². The van der Waals surface area contributed by atoms with Crippen LogP contribution in [-0.4, -0.2) is 45.3 Å². The number of hydrogen-bond donors (Lipinski definition) is 1. The molecule has 0 amide bonds. The van der Waals surface area contributed by atoms with E-state index in [1.165, 1.54) is 18.2 Å². The quantitative estimate of drug-likeness (QED) is 0.876. The number of halogens is 2. The number of alkyl halides is 2. The van der Waals surface area contributed by atoms with Gasteiger partial charge in [0.1, 0.15) is 0 Å². The van der Waals surface area contributed by atoms with Gasteiger partial charge in [-0.3, -0.25) is 0 Å². The monoisotopic (exact) mass is 318 g/mol. The highest BCUT2D eigenvalue weighted by molar-refractivity contribution is 7.91. The van der Waals surface area contributed by atoms with Crippen molar-refractivity contribution >= 4 is 15.5 Å². The van der Waals surface area contributed by atoms with Crippen LogP contribution in [0.2, 0.25) is 0 Å². The minimum atomic E-state index is -4.59. The molecule has 1 aromatic carbocycles. The number of para-hydroxylation sites is 1. The molecule has 118 valence electrons. The van der Waals surface area contributed by atoms with E-state index < -0.39 is 15.6 Å². The molecule has 0 bridgehead atoms. The minimum Gasteiger partial charge on any atom is -0.382 e. The average molecular weight is 318 g/mol. The first-order valence-corrected chi connectivity index (χ1v) is 8.37. The first kappa shape index (κ1) is 16.2. The fourth-order valence-electron chi connectivity index (χ4n) is 2.58. The second-order valence-electron chi connectivity index (χ2n) is 5.63. The fraction of sp³-hybridized carbons (Fsp3) is 0.571. The number of sulfone groups is 1. The van der Waals surface area contributed by atoms with Gasteiger partial charge >= 0.3 is 5.76 Å². The Morgan fingerprint density at radius 3 is 2.38 bits per heavy atom. The van der Waals surface area contributed by atoms with Crippen LogP contribution in [0.5, 0.6) is 0 Å². The molecule has 1 aliphatic rings. The van der Waals surface area contributed by atoms with Crippen molar-refractivity contribution < 1.29 is 17.2 Å². The highest BCUT2D eigenvalue weighted by Crippen LogP contribution is 2.37. The number of hydrogen-bond acceptors (Lipinski definition) is 4. The number of likely N-dealkylation sites (N-methyl/N-ethyl adjacent to an activating group) is 1. The van der Waals surface area contributed by atoms with Crippen LogP contribution in [0.1, 0.15) is 19.3 Å². The van der Waals surface area contributed by atoms with Crippen LogP contribution in [0.3, 0.4) is 0 Å². The van der Waals surface area contributed by atoms with Gasteiger partial charge in [0.25, 0.3) is 0 Å². The van der Waals surface area contributed by atoms with Crippen LogP contribution in [0.15, 0.2) is 29.2 Å². The predicted octanol–water partition coefficient (Wildman–Crippen LogP) is 2.58. The molecule has 7 heteroatoms. The van der Waals surface area contributed by atoms with E-state index in [1.807, 2.05) is 14.1 Å². The molecule has 2 rings (SSSR count). The topological polar surface area (TPSA) is 49.4 Å². The van der Waals surface area contributed by atoms with Gasteiger partial charge in [-0.1, -0.05) is 12.1 Å². The molecule has 0 atom stereocenters. The summed E-state index contributed by atoms with van der Waals surface area (Å²) in [4.78, 5) is 1.77. The molecule has 4 nitrogen and oxygen atoms in total. The second-order valence-corrected chi connectivity index (χ2v) is 7.51. The summed E-state index contributed by atoms with van der Waals surface area (Å²) in [5, 5.41) is 3.04. The van der Waals surface area contributed by atoms with Gasteiger partial charge in [0.2, 0.25) is 9.84 Å². The molecule has 0 saturated heterocycles. The van der Waals surface area contributed by atoms with Crippen molar-refractivity contribution in [3.05, 3.63) is 24.3 Å². The number of anilines is 1. The zero-order chi connectivity index (χ0) is 15.7. The molecule has 1 N–H and O–H groups in total. The first-order chi connectivity index (χ1) is 9.79. The lowest BCUT2D eigenvalue weighted by atomic mass is 9.75. The SMILES string of the molecule is CN(C)C1(CNc2ccccc2S(=O)(=O)C(F)F)CCC1. The summed E-state index contributed by atoms with van der Waals surface area (Å²) >= 11 is 0. The molecule has 0 aliphatic heterocycles. The minimum absolute atomic E-state index is 0.0261. The van der Waals surface area contributed by atoms with Gasteiger partial charge < -0.3 is 10.2 Å². The zero-order valence-electron chi connectivity index (χ0n) is 12.1. The Labute approximate surface area is 124 Å². The largest absolute Gasteiger partial charge is 0.382 e. The van der Waals surface area contributed by atoms with Crippen LogP contribution < -0.4 is 5.32 Å². The van der Waals surface area contributed by atoms with Crippen LogP contribution in [0, 0.1) is 0 Å². The third kappa shape index (κ3) is 3.03. The summed E-state index contributed by atoms with van der Waals surface area (Å²) in [6.45, 7) is 0.537. The van der Waals surface area contributed by atoms with Gasteiger partial charge in [0.05, 0.1) is 10.6 Å². The lowest BCUT2D eigenvalue weighted by Gasteiger charge is -2.47. The van der Waals surface area contributed by atoms with E-state index in [4.69, 9.17) is 0 Å². The first-order valence-electron chi connectivity index (χ1n) is 6.82. The third-order valence-corrected chi connectivity index (χ3v) is 5.71. The molecule has 1 saturated carbocycles. The van der Waals surface area contributed by atoms with Crippen molar-refractivity contribution in [1.82, 2.24) is 4.90 Å². The van der Waals surface area contributed by atoms with Crippen molar-refractivity contribution in [3.63, 3.8) is 0 Å². The van der Waals surface area contributed by atoms with E-state index in [-0.39, 0.29) is 16.1 Å². The molecule has 21 heavy (non-hydrogen) atoms. The maximum absolute atomic E-state index is 12.7. The Hall–Kier alpha value is -1.21. The van der Waals surface area contributed by atoms with E-state index in [9.17, 15) is 17.2 Å². The Balaban J connectivity index is 2.22. The smallest absolute Gasteiger partial charge is 0.341 e. The average Bonchev–Trinajstić information content (AvgIpc) is 2.37. The molecule has 0 radical (unpaired) electrons. The van der Waals surface area contributed by atoms with Crippen LogP contribution in [0.4, 0.5) is 14.5 Å². The predicted molar refractivity (Wildman–Crippen MR) is 78.4 cm³/mol. The number of nitrogens with one attached hydrogen (secondary N) is 1. The summed E-state index contributed by atoms with van der Waals surface area (Å²) in [6.07, 6.45) is 3.14. The van der Waals surface area contributed by atoms with Gasteiger partial charge in [-0.05, 0) is 45.5 Å². The van der Waals surface area contributed by atoms with Gasteiger partial charge in [0.15, 0.2) is 0 Å².